The first-order chi connectivity index (χ1) is 17.1. The summed E-state index contributed by atoms with van der Waals surface area (Å²) in [5.74, 6) is -0.707. The minimum atomic E-state index is -4.60. The predicted octanol–water partition coefficient (Wildman–Crippen LogP) is 5.66. The molecular formula is C27H24F4N4O. The number of nitrogens with zero attached hydrogens (tertiary/aromatic N) is 3. The molecule has 0 fully saturated rings. The van der Waals surface area contributed by atoms with Crippen LogP contribution in [0.1, 0.15) is 15.9 Å². The molecule has 0 aliphatic rings. The maximum atomic E-state index is 13.9. The Hall–Kier alpha value is -3.98. The Morgan fingerprint density at radius 1 is 0.944 bits per heavy atom. The van der Waals surface area contributed by atoms with Crippen LogP contribution in [0.25, 0.3) is 28.1 Å². The normalized spacial score (nSPS) is 11.6. The van der Waals surface area contributed by atoms with Crippen molar-refractivity contribution in [1.82, 2.24) is 20.0 Å². The van der Waals surface area contributed by atoms with Gasteiger partial charge in [-0.1, -0.05) is 30.3 Å². The van der Waals surface area contributed by atoms with Crippen LogP contribution in [0.3, 0.4) is 0 Å². The Kier molecular flexibility index (Phi) is 7.21. The number of carbonyl (C=O) groups is 1. The molecule has 0 unspecified atom stereocenters. The molecule has 0 radical (unpaired) electrons. The van der Waals surface area contributed by atoms with Gasteiger partial charge in [0.2, 0.25) is 0 Å². The van der Waals surface area contributed by atoms with Gasteiger partial charge < -0.3 is 10.2 Å². The number of halogens is 4. The highest BCUT2D eigenvalue weighted by atomic mass is 19.4. The van der Waals surface area contributed by atoms with Crippen LogP contribution in [0.2, 0.25) is 0 Å². The summed E-state index contributed by atoms with van der Waals surface area (Å²) in [5.41, 5.74) is 1.15. The number of nitrogens with one attached hydrogen (secondary N) is 1. The number of hydrogen-bond acceptors (Lipinski definition) is 3. The Morgan fingerprint density at radius 3 is 2.25 bits per heavy atom. The number of rotatable bonds is 7. The molecule has 3 aromatic carbocycles. The molecule has 1 aromatic heterocycles. The highest BCUT2D eigenvalue weighted by molar-refractivity contribution is 5.94. The summed E-state index contributed by atoms with van der Waals surface area (Å²) in [6.07, 6.45) is -3.14. The SMILES string of the molecule is CN(C)CCNC(=O)c1ccc(-n2ncc(-c3ccc(F)cc3)c2-c2ccccc2C(F)(F)F)cc1. The second-order valence-electron chi connectivity index (χ2n) is 8.47. The molecule has 0 saturated heterocycles. The molecular weight excluding hydrogens is 472 g/mol. The van der Waals surface area contributed by atoms with Crippen LogP contribution < -0.4 is 5.32 Å². The van der Waals surface area contributed by atoms with Gasteiger partial charge in [-0.25, -0.2) is 9.07 Å². The smallest absolute Gasteiger partial charge is 0.351 e. The van der Waals surface area contributed by atoms with E-state index >= 15 is 0 Å². The van der Waals surface area contributed by atoms with Crippen molar-refractivity contribution in [1.29, 1.82) is 0 Å². The van der Waals surface area contributed by atoms with Gasteiger partial charge in [0, 0.05) is 29.8 Å². The molecule has 0 saturated carbocycles. The van der Waals surface area contributed by atoms with E-state index in [4.69, 9.17) is 0 Å². The quantitative estimate of drug-likeness (QED) is 0.336. The highest BCUT2D eigenvalue weighted by Crippen LogP contribution is 2.41. The average molecular weight is 497 g/mol. The summed E-state index contributed by atoms with van der Waals surface area (Å²) < 4.78 is 56.7. The maximum absolute atomic E-state index is 13.9. The average Bonchev–Trinajstić information content (AvgIpc) is 3.29. The van der Waals surface area contributed by atoms with E-state index in [1.807, 2.05) is 19.0 Å². The van der Waals surface area contributed by atoms with Gasteiger partial charge in [0.15, 0.2) is 0 Å². The van der Waals surface area contributed by atoms with Crippen molar-refractivity contribution in [2.45, 2.75) is 6.18 Å². The summed E-state index contributed by atoms with van der Waals surface area (Å²) >= 11 is 0. The van der Waals surface area contributed by atoms with Crippen molar-refractivity contribution in [2.24, 2.45) is 0 Å². The van der Waals surface area contributed by atoms with Crippen molar-refractivity contribution in [2.75, 3.05) is 27.2 Å². The molecule has 4 rings (SSSR count). The van der Waals surface area contributed by atoms with Crippen molar-refractivity contribution in [3.63, 3.8) is 0 Å². The van der Waals surface area contributed by atoms with Gasteiger partial charge >= 0.3 is 6.18 Å². The van der Waals surface area contributed by atoms with Gasteiger partial charge in [0.25, 0.3) is 5.91 Å². The zero-order valence-electron chi connectivity index (χ0n) is 19.7. The Bertz CT molecular complexity index is 1340. The van der Waals surface area contributed by atoms with E-state index < -0.39 is 17.6 Å². The van der Waals surface area contributed by atoms with Gasteiger partial charge in [-0.3, -0.25) is 4.79 Å². The summed E-state index contributed by atoms with van der Waals surface area (Å²) in [6.45, 7) is 1.16. The zero-order chi connectivity index (χ0) is 25.9. The van der Waals surface area contributed by atoms with Gasteiger partial charge in [-0.05, 0) is 62.1 Å². The molecule has 5 nitrogen and oxygen atoms in total. The number of likely N-dealkylation sites (N-methyl/N-ethyl adjacent to an activating group) is 1. The van der Waals surface area contributed by atoms with Crippen LogP contribution in [0.4, 0.5) is 17.6 Å². The fraction of sp³-hybridized carbons (Fsp3) is 0.185. The number of benzene rings is 3. The van der Waals surface area contributed by atoms with Crippen LogP contribution >= 0.6 is 0 Å². The Balaban J connectivity index is 1.79. The molecule has 1 heterocycles. The second-order valence-corrected chi connectivity index (χ2v) is 8.47. The molecule has 0 spiro atoms. The highest BCUT2D eigenvalue weighted by Gasteiger charge is 2.35. The van der Waals surface area contributed by atoms with E-state index in [-0.39, 0.29) is 17.2 Å². The molecule has 4 aromatic rings. The van der Waals surface area contributed by atoms with E-state index in [0.29, 0.717) is 35.5 Å². The summed E-state index contributed by atoms with van der Waals surface area (Å²) in [4.78, 5) is 14.4. The molecule has 0 aliphatic heterocycles. The molecule has 1 N–H and O–H groups in total. The standard InChI is InChI=1S/C27H24F4N4O/c1-34(2)16-15-32-26(36)19-9-13-21(14-10-19)35-25(22-5-3-4-6-24(22)27(29,30)31)23(17-33-35)18-7-11-20(28)12-8-18/h3-14,17H,15-16H2,1-2H3,(H,32,36). The maximum Gasteiger partial charge on any atom is 0.417 e. The third-order valence-corrected chi connectivity index (χ3v) is 5.63. The lowest BCUT2D eigenvalue weighted by molar-refractivity contribution is -0.137. The van der Waals surface area contributed by atoms with Gasteiger partial charge in [-0.2, -0.15) is 18.3 Å². The first-order valence-electron chi connectivity index (χ1n) is 11.2. The van der Waals surface area contributed by atoms with E-state index in [2.05, 4.69) is 10.4 Å². The van der Waals surface area contributed by atoms with Crippen molar-refractivity contribution < 1.29 is 22.4 Å². The van der Waals surface area contributed by atoms with Crippen molar-refractivity contribution in [3.8, 4) is 28.1 Å². The summed E-state index contributed by atoms with van der Waals surface area (Å²) in [5, 5.41) is 7.20. The number of aromatic nitrogens is 2. The first-order valence-corrected chi connectivity index (χ1v) is 11.2. The number of hydrogen-bond donors (Lipinski definition) is 1. The minimum Gasteiger partial charge on any atom is -0.351 e. The van der Waals surface area contributed by atoms with Crippen LogP contribution in [0.15, 0.2) is 79.0 Å². The molecule has 9 heteroatoms. The molecule has 1 amide bonds. The minimum absolute atomic E-state index is 0.0627. The lowest BCUT2D eigenvalue weighted by Gasteiger charge is -2.16. The molecule has 0 bridgehead atoms. The largest absolute Gasteiger partial charge is 0.417 e. The lowest BCUT2D eigenvalue weighted by atomic mass is 9.97. The topological polar surface area (TPSA) is 50.2 Å². The van der Waals surface area contributed by atoms with Crippen LogP contribution in [0.5, 0.6) is 0 Å². The van der Waals surface area contributed by atoms with E-state index in [1.54, 1.807) is 24.3 Å². The predicted molar refractivity (Wildman–Crippen MR) is 130 cm³/mol. The van der Waals surface area contributed by atoms with E-state index in [1.165, 1.54) is 53.3 Å². The lowest BCUT2D eigenvalue weighted by Crippen LogP contribution is -2.31. The number of alkyl halides is 3. The van der Waals surface area contributed by atoms with Gasteiger partial charge in [0.05, 0.1) is 23.1 Å². The third kappa shape index (κ3) is 5.46. The van der Waals surface area contributed by atoms with Gasteiger partial charge in [0.1, 0.15) is 5.82 Å². The molecule has 36 heavy (non-hydrogen) atoms. The van der Waals surface area contributed by atoms with Crippen LogP contribution in [0, 0.1) is 5.82 Å². The fourth-order valence-electron chi connectivity index (χ4n) is 3.83. The number of amides is 1. The summed E-state index contributed by atoms with van der Waals surface area (Å²) in [7, 11) is 3.81. The first kappa shape index (κ1) is 25.1. The van der Waals surface area contributed by atoms with Crippen molar-refractivity contribution >= 4 is 5.91 Å². The zero-order valence-corrected chi connectivity index (χ0v) is 19.7. The molecule has 186 valence electrons. The van der Waals surface area contributed by atoms with E-state index in [9.17, 15) is 22.4 Å². The third-order valence-electron chi connectivity index (χ3n) is 5.63. The van der Waals surface area contributed by atoms with Gasteiger partial charge in [-0.15, -0.1) is 0 Å². The second kappa shape index (κ2) is 10.3. The Labute approximate surface area is 206 Å². The molecule has 0 atom stereocenters. The van der Waals surface area contributed by atoms with Crippen molar-refractivity contribution in [3.05, 3.63) is 95.9 Å². The summed E-state index contributed by atoms with van der Waals surface area (Å²) in [6, 6.07) is 17.2. The monoisotopic (exact) mass is 496 g/mol. The van der Waals surface area contributed by atoms with Crippen LogP contribution in [-0.4, -0.2) is 47.8 Å². The Morgan fingerprint density at radius 2 is 1.61 bits per heavy atom. The van der Waals surface area contributed by atoms with E-state index in [0.717, 1.165) is 6.07 Å². The number of carbonyl (C=O) groups excluding carboxylic acids is 1. The van der Waals surface area contributed by atoms with Crippen LogP contribution in [-0.2, 0) is 6.18 Å². The fourth-order valence-corrected chi connectivity index (χ4v) is 3.83. The molecule has 0 aliphatic carbocycles.